The molecule has 0 aromatic rings. The van der Waals surface area contributed by atoms with E-state index in [2.05, 4.69) is 39.5 Å². The Bertz CT molecular complexity index is 153. The molecule has 1 atom stereocenters. The average molecular weight is 180 g/mol. The predicted octanol–water partition coefficient (Wildman–Crippen LogP) is 4.73. The number of unbranched alkanes of at least 4 members (excludes halogenated alkanes) is 2. The summed E-state index contributed by atoms with van der Waals surface area (Å²) in [6.45, 7) is 10.5. The fraction of sp³-hybridized carbons (Fsp3) is 0.692. The van der Waals surface area contributed by atoms with Crippen molar-refractivity contribution in [1.82, 2.24) is 0 Å². The van der Waals surface area contributed by atoms with Crippen molar-refractivity contribution in [1.29, 1.82) is 0 Å². The SMILES string of the molecule is C=C(C)CCCCC=C[C@@H](C)CC. The molecule has 0 fully saturated rings. The van der Waals surface area contributed by atoms with Crippen LogP contribution in [0.25, 0.3) is 0 Å². The first-order valence-corrected chi connectivity index (χ1v) is 5.47. The van der Waals surface area contributed by atoms with Crippen molar-refractivity contribution in [3.63, 3.8) is 0 Å². The number of hydrogen-bond acceptors (Lipinski definition) is 0. The van der Waals surface area contributed by atoms with Gasteiger partial charge in [0.05, 0.1) is 0 Å². The van der Waals surface area contributed by atoms with E-state index in [1.165, 1.54) is 37.7 Å². The van der Waals surface area contributed by atoms with Gasteiger partial charge in [-0.25, -0.2) is 0 Å². The van der Waals surface area contributed by atoms with Gasteiger partial charge in [0.1, 0.15) is 0 Å². The van der Waals surface area contributed by atoms with E-state index in [-0.39, 0.29) is 0 Å². The molecule has 0 aliphatic rings. The van der Waals surface area contributed by atoms with E-state index in [1.807, 2.05) is 0 Å². The Labute approximate surface area is 83.7 Å². The van der Waals surface area contributed by atoms with Crippen molar-refractivity contribution < 1.29 is 0 Å². The fourth-order valence-corrected chi connectivity index (χ4v) is 1.15. The maximum absolute atomic E-state index is 3.90. The summed E-state index contributed by atoms with van der Waals surface area (Å²) in [6.07, 6.45) is 10.9. The third-order valence-corrected chi connectivity index (χ3v) is 2.33. The van der Waals surface area contributed by atoms with Gasteiger partial charge in [-0.2, -0.15) is 0 Å². The van der Waals surface area contributed by atoms with Crippen molar-refractivity contribution >= 4 is 0 Å². The quantitative estimate of drug-likeness (QED) is 0.392. The lowest BCUT2D eigenvalue weighted by molar-refractivity contribution is 0.687. The Kier molecular flexibility index (Phi) is 7.77. The fourth-order valence-electron chi connectivity index (χ4n) is 1.15. The molecule has 0 bridgehead atoms. The molecule has 0 nitrogen and oxygen atoms in total. The first-order chi connectivity index (χ1) is 6.16. The second-order valence-corrected chi connectivity index (χ2v) is 4.02. The van der Waals surface area contributed by atoms with Crippen molar-refractivity contribution in [3.8, 4) is 0 Å². The van der Waals surface area contributed by atoms with Gasteiger partial charge < -0.3 is 0 Å². The lowest BCUT2D eigenvalue weighted by Gasteiger charge is -2.00. The molecule has 0 aliphatic heterocycles. The van der Waals surface area contributed by atoms with Gasteiger partial charge in [-0.05, 0) is 38.5 Å². The van der Waals surface area contributed by atoms with Crippen LogP contribution in [0.1, 0.15) is 52.9 Å². The highest BCUT2D eigenvalue weighted by Crippen LogP contribution is 2.08. The zero-order valence-electron chi connectivity index (χ0n) is 9.47. The Morgan fingerprint density at radius 2 is 2.08 bits per heavy atom. The Morgan fingerprint density at radius 1 is 1.38 bits per heavy atom. The molecule has 0 radical (unpaired) electrons. The van der Waals surface area contributed by atoms with Gasteiger partial charge in [0.2, 0.25) is 0 Å². The molecule has 76 valence electrons. The summed E-state index contributed by atoms with van der Waals surface area (Å²) < 4.78 is 0. The molecule has 0 heteroatoms. The van der Waals surface area contributed by atoms with E-state index in [0.29, 0.717) is 0 Å². The molecule has 13 heavy (non-hydrogen) atoms. The largest absolute Gasteiger partial charge is 0.100 e. The Balaban J connectivity index is 3.25. The number of hydrogen-bond donors (Lipinski definition) is 0. The van der Waals surface area contributed by atoms with Crippen LogP contribution in [-0.4, -0.2) is 0 Å². The van der Waals surface area contributed by atoms with Gasteiger partial charge in [0, 0.05) is 0 Å². The van der Waals surface area contributed by atoms with Gasteiger partial charge in [-0.1, -0.05) is 38.0 Å². The summed E-state index contributed by atoms with van der Waals surface area (Å²) >= 11 is 0. The van der Waals surface area contributed by atoms with Crippen LogP contribution < -0.4 is 0 Å². The van der Waals surface area contributed by atoms with Gasteiger partial charge in [0.15, 0.2) is 0 Å². The lowest BCUT2D eigenvalue weighted by atomic mass is 10.1. The number of allylic oxidation sites excluding steroid dienone is 3. The van der Waals surface area contributed by atoms with E-state index in [9.17, 15) is 0 Å². The van der Waals surface area contributed by atoms with Crippen molar-refractivity contribution in [2.24, 2.45) is 5.92 Å². The standard InChI is InChI=1S/C13H24/c1-5-13(4)11-9-7-6-8-10-12(2)3/h9,11,13H,2,5-8,10H2,1,3-4H3/t13-/m0/s1. The second kappa shape index (κ2) is 8.10. The highest BCUT2D eigenvalue weighted by atomic mass is 14.0. The first-order valence-electron chi connectivity index (χ1n) is 5.47. The molecular formula is C13H24. The third kappa shape index (κ3) is 9.39. The third-order valence-electron chi connectivity index (χ3n) is 2.33. The van der Waals surface area contributed by atoms with E-state index >= 15 is 0 Å². The molecular weight excluding hydrogens is 156 g/mol. The molecule has 0 saturated carbocycles. The van der Waals surface area contributed by atoms with Gasteiger partial charge >= 0.3 is 0 Å². The summed E-state index contributed by atoms with van der Waals surface area (Å²) in [6, 6.07) is 0. The molecule has 0 spiro atoms. The van der Waals surface area contributed by atoms with Crippen LogP contribution in [0.4, 0.5) is 0 Å². The second-order valence-electron chi connectivity index (χ2n) is 4.02. The smallest absolute Gasteiger partial charge is 0.0265 e. The molecule has 0 rings (SSSR count). The average Bonchev–Trinajstić information content (AvgIpc) is 2.10. The monoisotopic (exact) mass is 180 g/mol. The topological polar surface area (TPSA) is 0 Å². The molecule has 0 aliphatic carbocycles. The van der Waals surface area contributed by atoms with Gasteiger partial charge in [0.25, 0.3) is 0 Å². The van der Waals surface area contributed by atoms with Gasteiger partial charge in [-0.3, -0.25) is 0 Å². The molecule has 0 amide bonds. The van der Waals surface area contributed by atoms with Crippen molar-refractivity contribution in [2.75, 3.05) is 0 Å². The zero-order chi connectivity index (χ0) is 10.1. The minimum atomic E-state index is 0.751. The highest BCUT2D eigenvalue weighted by Gasteiger charge is 1.90. The molecule has 0 N–H and O–H groups in total. The number of rotatable bonds is 7. The van der Waals surface area contributed by atoms with Crippen molar-refractivity contribution in [3.05, 3.63) is 24.3 Å². The van der Waals surface area contributed by atoms with Crippen LogP contribution in [0, 0.1) is 5.92 Å². The summed E-state index contributed by atoms with van der Waals surface area (Å²) in [4.78, 5) is 0. The maximum Gasteiger partial charge on any atom is -0.0265 e. The summed E-state index contributed by atoms with van der Waals surface area (Å²) in [5.41, 5.74) is 1.31. The summed E-state index contributed by atoms with van der Waals surface area (Å²) in [7, 11) is 0. The van der Waals surface area contributed by atoms with Crippen LogP contribution >= 0.6 is 0 Å². The van der Waals surface area contributed by atoms with E-state index in [4.69, 9.17) is 0 Å². The zero-order valence-corrected chi connectivity index (χ0v) is 9.47. The summed E-state index contributed by atoms with van der Waals surface area (Å²) in [5, 5.41) is 0. The minimum Gasteiger partial charge on any atom is -0.100 e. The molecule has 0 heterocycles. The molecule has 0 aromatic carbocycles. The van der Waals surface area contributed by atoms with Crippen molar-refractivity contribution in [2.45, 2.75) is 52.9 Å². The predicted molar refractivity (Wildman–Crippen MR) is 61.9 cm³/mol. The first kappa shape index (κ1) is 12.5. The highest BCUT2D eigenvalue weighted by molar-refractivity contribution is 4.89. The van der Waals surface area contributed by atoms with E-state index in [0.717, 1.165) is 5.92 Å². The maximum atomic E-state index is 3.90. The Hall–Kier alpha value is -0.520. The van der Waals surface area contributed by atoms with Crippen LogP contribution in [0.15, 0.2) is 24.3 Å². The Morgan fingerprint density at radius 3 is 2.62 bits per heavy atom. The van der Waals surface area contributed by atoms with Crippen LogP contribution in [-0.2, 0) is 0 Å². The van der Waals surface area contributed by atoms with E-state index in [1.54, 1.807) is 0 Å². The lowest BCUT2D eigenvalue weighted by Crippen LogP contribution is -1.84. The van der Waals surface area contributed by atoms with Crippen LogP contribution in [0.2, 0.25) is 0 Å². The van der Waals surface area contributed by atoms with E-state index < -0.39 is 0 Å². The van der Waals surface area contributed by atoms with Gasteiger partial charge in [-0.15, -0.1) is 6.58 Å². The van der Waals surface area contributed by atoms with Crippen LogP contribution in [0.5, 0.6) is 0 Å². The molecule has 0 unspecified atom stereocenters. The minimum absolute atomic E-state index is 0.751. The normalized spacial score (nSPS) is 13.5. The van der Waals surface area contributed by atoms with Crippen LogP contribution in [0.3, 0.4) is 0 Å². The molecule has 0 aromatic heterocycles. The molecule has 0 saturated heterocycles. The summed E-state index contributed by atoms with van der Waals surface area (Å²) in [5.74, 6) is 0.751.